The number of rotatable bonds is 6. The van der Waals surface area contributed by atoms with Crippen molar-refractivity contribution in [1.82, 2.24) is 10.2 Å². The van der Waals surface area contributed by atoms with E-state index >= 15 is 0 Å². The first-order chi connectivity index (χ1) is 8.21. The van der Waals surface area contributed by atoms with E-state index in [1.807, 2.05) is 34.6 Å². The number of ether oxygens (including phenoxy) is 1. The van der Waals surface area contributed by atoms with Gasteiger partial charge in [-0.3, -0.25) is 14.9 Å². The molecule has 1 unspecified atom stereocenters. The van der Waals surface area contributed by atoms with Gasteiger partial charge in [0.15, 0.2) is 0 Å². The van der Waals surface area contributed by atoms with Crippen molar-refractivity contribution in [3.8, 4) is 0 Å². The smallest absolute Gasteiger partial charge is 0.323 e. The molecule has 0 radical (unpaired) electrons. The molecule has 0 aliphatic carbocycles. The summed E-state index contributed by atoms with van der Waals surface area (Å²) in [6.45, 7) is 12.5. The third kappa shape index (κ3) is 6.59. The Morgan fingerprint density at radius 1 is 1.22 bits per heavy atom. The zero-order valence-corrected chi connectivity index (χ0v) is 12.4. The predicted molar refractivity (Wildman–Crippen MR) is 71.2 cm³/mol. The molecular formula is C13H26N2O3. The Hall–Kier alpha value is -1.10. The second kappa shape index (κ2) is 7.36. The van der Waals surface area contributed by atoms with Crippen LogP contribution in [0.3, 0.4) is 0 Å². The molecule has 0 bridgehead atoms. The number of hydrogen-bond acceptors (Lipinski definition) is 4. The van der Waals surface area contributed by atoms with E-state index in [-0.39, 0.29) is 18.4 Å². The molecule has 0 aromatic rings. The molecule has 1 N–H and O–H groups in total. The van der Waals surface area contributed by atoms with Gasteiger partial charge in [0.1, 0.15) is 11.6 Å². The summed E-state index contributed by atoms with van der Waals surface area (Å²) in [5.74, 6) is -0.342. The molecule has 18 heavy (non-hydrogen) atoms. The van der Waals surface area contributed by atoms with Gasteiger partial charge in [-0.2, -0.15) is 0 Å². The third-order valence-electron chi connectivity index (χ3n) is 2.44. The SMILES string of the molecule is CCN(CC)C(=O)CNC(C)C(=O)OC(C)(C)C. The number of nitrogens with one attached hydrogen (secondary N) is 1. The number of hydrogen-bond donors (Lipinski definition) is 1. The molecule has 0 saturated heterocycles. The normalized spacial score (nSPS) is 13.0. The molecule has 0 spiro atoms. The maximum atomic E-state index is 11.7. The van der Waals surface area contributed by atoms with Crippen molar-refractivity contribution in [2.75, 3.05) is 19.6 Å². The average Bonchev–Trinajstić information content (AvgIpc) is 2.25. The fourth-order valence-corrected chi connectivity index (χ4v) is 1.40. The molecule has 1 atom stereocenters. The minimum atomic E-state index is -0.504. The quantitative estimate of drug-likeness (QED) is 0.727. The van der Waals surface area contributed by atoms with Gasteiger partial charge in [0.05, 0.1) is 6.54 Å². The van der Waals surface area contributed by atoms with E-state index in [0.717, 1.165) is 0 Å². The van der Waals surface area contributed by atoms with Crippen molar-refractivity contribution >= 4 is 11.9 Å². The fourth-order valence-electron chi connectivity index (χ4n) is 1.40. The Morgan fingerprint density at radius 3 is 2.11 bits per heavy atom. The summed E-state index contributed by atoms with van der Waals surface area (Å²) in [6, 6.07) is -0.483. The van der Waals surface area contributed by atoms with Crippen molar-refractivity contribution in [3.05, 3.63) is 0 Å². The van der Waals surface area contributed by atoms with Crippen molar-refractivity contribution < 1.29 is 14.3 Å². The molecule has 0 fully saturated rings. The van der Waals surface area contributed by atoms with Gasteiger partial charge < -0.3 is 9.64 Å². The highest BCUT2D eigenvalue weighted by molar-refractivity contribution is 5.80. The maximum Gasteiger partial charge on any atom is 0.323 e. The number of nitrogens with zero attached hydrogens (tertiary/aromatic N) is 1. The van der Waals surface area contributed by atoms with E-state index in [0.29, 0.717) is 13.1 Å². The number of carbonyl (C=O) groups excluding carboxylic acids is 2. The Kier molecular flexibility index (Phi) is 6.91. The monoisotopic (exact) mass is 258 g/mol. The Morgan fingerprint density at radius 2 is 1.72 bits per heavy atom. The first-order valence-corrected chi connectivity index (χ1v) is 6.45. The number of amides is 1. The second-order valence-corrected chi connectivity index (χ2v) is 5.20. The number of carbonyl (C=O) groups is 2. The molecular weight excluding hydrogens is 232 g/mol. The zero-order chi connectivity index (χ0) is 14.3. The van der Waals surface area contributed by atoms with Gasteiger partial charge in [0.2, 0.25) is 5.91 Å². The number of likely N-dealkylation sites (N-methyl/N-ethyl adjacent to an activating group) is 1. The van der Waals surface area contributed by atoms with Crippen molar-refractivity contribution in [3.63, 3.8) is 0 Å². The van der Waals surface area contributed by atoms with Crippen molar-refractivity contribution in [2.24, 2.45) is 0 Å². The van der Waals surface area contributed by atoms with Crippen molar-refractivity contribution in [1.29, 1.82) is 0 Å². The summed E-state index contributed by atoms with van der Waals surface area (Å²) < 4.78 is 5.22. The molecule has 0 saturated carbocycles. The molecule has 0 aromatic heterocycles. The summed E-state index contributed by atoms with van der Waals surface area (Å²) in [7, 11) is 0. The summed E-state index contributed by atoms with van der Waals surface area (Å²) >= 11 is 0. The largest absolute Gasteiger partial charge is 0.459 e. The van der Waals surface area contributed by atoms with E-state index in [9.17, 15) is 9.59 Å². The highest BCUT2D eigenvalue weighted by Crippen LogP contribution is 2.08. The maximum absolute atomic E-state index is 11.7. The van der Waals surface area contributed by atoms with Crippen LogP contribution in [0.25, 0.3) is 0 Å². The highest BCUT2D eigenvalue weighted by Gasteiger charge is 2.22. The lowest BCUT2D eigenvalue weighted by Crippen LogP contribution is -2.45. The van der Waals surface area contributed by atoms with Crippen LogP contribution in [0.2, 0.25) is 0 Å². The molecule has 0 aromatic carbocycles. The standard InChI is InChI=1S/C13H26N2O3/c1-7-15(8-2)11(16)9-14-10(3)12(17)18-13(4,5)6/h10,14H,7-9H2,1-6H3. The predicted octanol–water partition coefficient (Wildman–Crippen LogP) is 1.17. The van der Waals surface area contributed by atoms with Gasteiger partial charge in [-0.05, 0) is 41.5 Å². The van der Waals surface area contributed by atoms with Gasteiger partial charge in [-0.15, -0.1) is 0 Å². The van der Waals surface area contributed by atoms with E-state index in [1.165, 1.54) is 0 Å². The highest BCUT2D eigenvalue weighted by atomic mass is 16.6. The van der Waals surface area contributed by atoms with Crippen LogP contribution in [0.15, 0.2) is 0 Å². The van der Waals surface area contributed by atoms with E-state index in [2.05, 4.69) is 5.32 Å². The minimum absolute atomic E-state index is 0.00425. The summed E-state index contributed by atoms with van der Waals surface area (Å²) in [5.41, 5.74) is -0.504. The zero-order valence-electron chi connectivity index (χ0n) is 12.4. The van der Waals surface area contributed by atoms with E-state index < -0.39 is 11.6 Å². The van der Waals surface area contributed by atoms with E-state index in [4.69, 9.17) is 4.74 Å². The van der Waals surface area contributed by atoms with Crippen molar-refractivity contribution in [2.45, 2.75) is 53.2 Å². The molecule has 0 aliphatic heterocycles. The lowest BCUT2D eigenvalue weighted by molar-refractivity contribution is -0.157. The van der Waals surface area contributed by atoms with Crippen LogP contribution in [-0.4, -0.2) is 48.1 Å². The summed E-state index contributed by atoms with van der Waals surface area (Å²) in [6.07, 6.45) is 0. The summed E-state index contributed by atoms with van der Waals surface area (Å²) in [4.78, 5) is 25.1. The average molecular weight is 258 g/mol. The van der Waals surface area contributed by atoms with Gasteiger partial charge in [-0.25, -0.2) is 0 Å². The van der Waals surface area contributed by atoms with Gasteiger partial charge >= 0.3 is 5.97 Å². The molecule has 5 heteroatoms. The van der Waals surface area contributed by atoms with Gasteiger partial charge in [-0.1, -0.05) is 0 Å². The molecule has 1 amide bonds. The van der Waals surface area contributed by atoms with E-state index in [1.54, 1.807) is 11.8 Å². The molecule has 0 aliphatic rings. The summed E-state index contributed by atoms with van der Waals surface area (Å²) in [5, 5.41) is 2.89. The van der Waals surface area contributed by atoms with Crippen LogP contribution in [0.4, 0.5) is 0 Å². The van der Waals surface area contributed by atoms with Crippen LogP contribution in [-0.2, 0) is 14.3 Å². The van der Waals surface area contributed by atoms with Crippen LogP contribution in [0, 0.1) is 0 Å². The first kappa shape index (κ1) is 16.9. The Balaban J connectivity index is 4.14. The molecule has 5 nitrogen and oxygen atoms in total. The van der Waals surface area contributed by atoms with Gasteiger partial charge in [0, 0.05) is 13.1 Å². The second-order valence-electron chi connectivity index (χ2n) is 5.20. The van der Waals surface area contributed by atoms with Crippen LogP contribution in [0.1, 0.15) is 41.5 Å². The van der Waals surface area contributed by atoms with Crippen LogP contribution in [0.5, 0.6) is 0 Å². The topological polar surface area (TPSA) is 58.6 Å². The molecule has 0 rings (SSSR count). The Labute approximate surface area is 110 Å². The van der Waals surface area contributed by atoms with Gasteiger partial charge in [0.25, 0.3) is 0 Å². The first-order valence-electron chi connectivity index (χ1n) is 6.45. The number of esters is 1. The molecule has 106 valence electrons. The lowest BCUT2D eigenvalue weighted by Gasteiger charge is -2.24. The van der Waals surface area contributed by atoms with Crippen LogP contribution < -0.4 is 5.32 Å². The van der Waals surface area contributed by atoms with Crippen LogP contribution >= 0.6 is 0 Å². The Bertz CT molecular complexity index is 280. The fraction of sp³-hybridized carbons (Fsp3) is 0.846. The third-order valence-corrected chi connectivity index (χ3v) is 2.44. The minimum Gasteiger partial charge on any atom is -0.459 e. The lowest BCUT2D eigenvalue weighted by atomic mass is 10.2. The molecule has 0 heterocycles.